The summed E-state index contributed by atoms with van der Waals surface area (Å²) in [5.41, 5.74) is 8.45. The molecule has 71 heavy (non-hydrogen) atoms. The normalized spacial score (nSPS) is 13.2. The molecule has 5 N–H and O–H groups in total. The van der Waals surface area contributed by atoms with Crippen molar-refractivity contribution in [3.05, 3.63) is 105 Å². The Balaban J connectivity index is 1.63. The molecule has 2 amide bonds. The largest absolute Gasteiger partial charge is 0.456 e. The van der Waals surface area contributed by atoms with Crippen LogP contribution < -0.4 is 26.0 Å². The van der Waals surface area contributed by atoms with E-state index >= 15 is 0 Å². The maximum Gasteiger partial charge on any atom is 0.296 e. The van der Waals surface area contributed by atoms with Gasteiger partial charge < -0.3 is 20.4 Å². The van der Waals surface area contributed by atoms with Gasteiger partial charge in [0, 0.05) is 75.8 Å². The summed E-state index contributed by atoms with van der Waals surface area (Å²) >= 11 is 0. The fourth-order valence-corrected chi connectivity index (χ4v) is 11.4. The van der Waals surface area contributed by atoms with Gasteiger partial charge in [0.2, 0.25) is 21.8 Å². The number of anilines is 4. The summed E-state index contributed by atoms with van der Waals surface area (Å²) in [5, 5.41) is 10.0. The first kappa shape index (κ1) is 54.5. The number of hydrogen-bond acceptors (Lipinski definition) is 9. The van der Waals surface area contributed by atoms with Crippen molar-refractivity contribution < 1.29 is 35.4 Å². The van der Waals surface area contributed by atoms with Crippen LogP contribution in [0.15, 0.2) is 85.9 Å². The molecule has 0 aromatic heterocycles. The van der Waals surface area contributed by atoms with Gasteiger partial charge in [0.25, 0.3) is 10.1 Å². The Morgan fingerprint density at radius 2 is 1.27 bits per heavy atom. The van der Waals surface area contributed by atoms with E-state index in [1.165, 1.54) is 18.2 Å². The molecular weight excluding hydrogens is 935 g/mol. The highest BCUT2D eigenvalue weighted by atomic mass is 32.2. The molecule has 13 nitrogen and oxygen atoms in total. The lowest BCUT2D eigenvalue weighted by Crippen LogP contribution is -2.32. The highest BCUT2D eigenvalue weighted by molar-refractivity contribution is 7.89. The summed E-state index contributed by atoms with van der Waals surface area (Å²) in [5.74, 6) is -0.129. The molecule has 1 atom stereocenters. The highest BCUT2D eigenvalue weighted by Crippen LogP contribution is 2.45. The standard InChI is InChI=1S/C56H71N5O8S2/c1-15-16-17-20-36(6)61-70(64,65)46-22-19-18-21-41(46)50-40-24-23-39(57-51-32(2)25-34(4)53(37(51)7)59-48(62)30-55(9,10)11)27-44(40)69-45-29-43(47(28-42(45)50)71(66,67)68)58-52-33(3)26-35(5)54(38(52)8)60-49(63)31-56(12,13)14/h18-19,21-29,36,57,61H,15-17,20,30-31H2,1-14H3,(H,59,62)(H,60,63)(H,66,67,68). The zero-order valence-electron chi connectivity index (χ0n) is 43.7. The summed E-state index contributed by atoms with van der Waals surface area (Å²) in [6, 6.07) is 18.1. The molecule has 2 aliphatic rings. The van der Waals surface area contributed by atoms with Crippen LogP contribution in [-0.2, 0) is 29.7 Å². The van der Waals surface area contributed by atoms with Gasteiger partial charge in [-0.2, -0.15) is 8.42 Å². The number of aryl methyl sites for hydroxylation is 4. The summed E-state index contributed by atoms with van der Waals surface area (Å²) < 4.78 is 76.5. The Labute approximate surface area is 420 Å². The van der Waals surface area contributed by atoms with Crippen LogP contribution in [0.4, 0.5) is 28.4 Å². The number of nitrogens with zero attached hydrogens (tertiary/aromatic N) is 1. The Morgan fingerprint density at radius 1 is 0.690 bits per heavy atom. The molecule has 4 aromatic carbocycles. The lowest BCUT2D eigenvalue weighted by molar-refractivity contribution is -0.118. The van der Waals surface area contributed by atoms with E-state index < -0.39 is 25.0 Å². The minimum absolute atomic E-state index is 0.0283. The fraction of sp³-hybridized carbons (Fsp3) is 0.411. The molecule has 1 aliphatic heterocycles. The molecule has 0 spiro atoms. The first-order valence-corrected chi connectivity index (χ1v) is 27.2. The number of carbonyl (C=O) groups excluding carboxylic acids is 2. The molecular formula is C56H71N5O8S2. The number of sulfonamides is 1. The fourth-order valence-electron chi connectivity index (χ4n) is 9.27. The third-order valence-corrected chi connectivity index (χ3v) is 15.0. The number of carbonyl (C=O) groups is 2. The number of nitrogens with one attached hydrogen (secondary N) is 4. The minimum Gasteiger partial charge on any atom is -0.456 e. The summed E-state index contributed by atoms with van der Waals surface area (Å²) in [7, 11) is -9.15. The number of rotatable bonds is 16. The van der Waals surface area contributed by atoms with E-state index in [0.717, 1.165) is 47.2 Å². The number of hydrogen-bond donors (Lipinski definition) is 5. The zero-order valence-corrected chi connectivity index (χ0v) is 45.4. The highest BCUT2D eigenvalue weighted by Gasteiger charge is 2.29. The second kappa shape index (κ2) is 21.1. The Hall–Kier alpha value is -5.87. The van der Waals surface area contributed by atoms with Crippen molar-refractivity contribution in [3.63, 3.8) is 0 Å². The van der Waals surface area contributed by atoms with Gasteiger partial charge in [-0.1, -0.05) is 98.1 Å². The smallest absolute Gasteiger partial charge is 0.296 e. The average Bonchev–Trinajstić information content (AvgIpc) is 3.24. The molecule has 1 unspecified atom stereocenters. The summed E-state index contributed by atoms with van der Waals surface area (Å²) in [4.78, 5) is 30.7. The number of unbranched alkanes of at least 4 members (excludes halogenated alkanes) is 2. The maximum absolute atomic E-state index is 14.4. The molecule has 380 valence electrons. The van der Waals surface area contributed by atoms with Crippen LogP contribution in [0, 0.1) is 52.4 Å². The van der Waals surface area contributed by atoms with Gasteiger partial charge in [0.1, 0.15) is 16.2 Å². The molecule has 6 rings (SSSR count). The third kappa shape index (κ3) is 13.0. The van der Waals surface area contributed by atoms with Crippen LogP contribution in [0.5, 0.6) is 0 Å². The van der Waals surface area contributed by atoms with Crippen LogP contribution in [0.3, 0.4) is 0 Å². The molecule has 1 aliphatic carbocycles. The van der Waals surface area contributed by atoms with Gasteiger partial charge in [-0.3, -0.25) is 14.1 Å². The van der Waals surface area contributed by atoms with Crippen molar-refractivity contribution in [1.29, 1.82) is 0 Å². The molecule has 0 fully saturated rings. The quantitative estimate of drug-likeness (QED) is 0.0356. The SMILES string of the molecule is CCCCCC(C)NS(=O)(=O)c1ccccc1-c1c2cc(S(=O)(=O)O)c(=Nc3c(C)cc(C)c(NC(=O)CC(C)(C)C)c3C)cc-2oc2cc(Nc3c(C)cc(C)c(NC(=O)CC(C)(C)C)c3C)ccc12. The molecule has 1 heterocycles. The first-order chi connectivity index (χ1) is 33.0. The molecule has 0 saturated carbocycles. The Morgan fingerprint density at radius 3 is 1.86 bits per heavy atom. The first-order valence-electron chi connectivity index (χ1n) is 24.2. The summed E-state index contributed by atoms with van der Waals surface area (Å²) in [6.45, 7) is 27.3. The van der Waals surface area contributed by atoms with E-state index in [-0.39, 0.29) is 62.2 Å². The predicted octanol–water partition coefficient (Wildman–Crippen LogP) is 13.3. The van der Waals surface area contributed by atoms with Crippen LogP contribution in [0.1, 0.15) is 127 Å². The molecule has 15 heteroatoms. The monoisotopic (exact) mass is 1010 g/mol. The van der Waals surface area contributed by atoms with Gasteiger partial charge in [-0.25, -0.2) is 18.1 Å². The minimum atomic E-state index is -4.99. The van der Waals surface area contributed by atoms with Crippen molar-refractivity contribution in [1.82, 2.24) is 4.72 Å². The van der Waals surface area contributed by atoms with E-state index in [4.69, 9.17) is 9.41 Å². The van der Waals surface area contributed by atoms with Gasteiger partial charge in [-0.05, 0) is 123 Å². The second-order valence-corrected chi connectivity index (χ2v) is 24.6. The topological polar surface area (TPSA) is 196 Å². The van der Waals surface area contributed by atoms with Crippen LogP contribution in [-0.4, -0.2) is 39.2 Å². The van der Waals surface area contributed by atoms with Gasteiger partial charge >= 0.3 is 0 Å². The van der Waals surface area contributed by atoms with E-state index in [2.05, 4.69) is 27.6 Å². The van der Waals surface area contributed by atoms with E-state index in [0.29, 0.717) is 63.3 Å². The van der Waals surface area contributed by atoms with E-state index in [9.17, 15) is 31.0 Å². The second-order valence-electron chi connectivity index (χ2n) is 21.5. The molecule has 4 aromatic rings. The molecule has 0 radical (unpaired) electrons. The Kier molecular flexibility index (Phi) is 16.2. The number of benzene rings is 5. The van der Waals surface area contributed by atoms with Crippen LogP contribution in [0.25, 0.3) is 33.4 Å². The van der Waals surface area contributed by atoms with E-state index in [1.807, 2.05) is 101 Å². The zero-order chi connectivity index (χ0) is 52.5. The molecule has 0 bridgehead atoms. The lowest BCUT2D eigenvalue weighted by Gasteiger charge is -2.22. The van der Waals surface area contributed by atoms with Crippen LogP contribution >= 0.6 is 0 Å². The van der Waals surface area contributed by atoms with Crippen molar-refractivity contribution in [2.45, 2.75) is 151 Å². The average molecular weight is 1010 g/mol. The van der Waals surface area contributed by atoms with Crippen molar-refractivity contribution in [2.75, 3.05) is 16.0 Å². The van der Waals surface area contributed by atoms with Gasteiger partial charge in [-0.15, -0.1) is 0 Å². The van der Waals surface area contributed by atoms with E-state index in [1.54, 1.807) is 37.3 Å². The van der Waals surface area contributed by atoms with Gasteiger partial charge in [0.05, 0.1) is 15.9 Å². The summed E-state index contributed by atoms with van der Waals surface area (Å²) in [6.07, 6.45) is 4.04. The van der Waals surface area contributed by atoms with Crippen molar-refractivity contribution in [3.8, 4) is 22.5 Å². The number of fused-ring (bicyclic) bond motifs is 2. The maximum atomic E-state index is 14.4. The Bertz CT molecular complexity index is 3310. The van der Waals surface area contributed by atoms with Gasteiger partial charge in [0.15, 0.2) is 0 Å². The van der Waals surface area contributed by atoms with Crippen molar-refractivity contribution in [2.24, 2.45) is 15.8 Å². The molecule has 0 saturated heterocycles. The number of amides is 2. The van der Waals surface area contributed by atoms with Crippen LogP contribution in [0.2, 0.25) is 0 Å². The third-order valence-electron chi connectivity index (χ3n) is 12.4. The predicted molar refractivity (Wildman–Crippen MR) is 287 cm³/mol. The lowest BCUT2D eigenvalue weighted by atomic mass is 9.91. The van der Waals surface area contributed by atoms with Crippen molar-refractivity contribution >= 4 is 71.4 Å².